The third-order valence-corrected chi connectivity index (χ3v) is 8.95. The number of hydrogen-bond acceptors (Lipinski definition) is 6. The molecule has 1 N–H and O–H groups in total. The Morgan fingerprint density at radius 2 is 1.75 bits per heavy atom. The minimum atomic E-state index is -4.01. The summed E-state index contributed by atoms with van der Waals surface area (Å²) in [5.74, 6) is -0.566. The molecule has 0 amide bonds. The number of nitrogens with one attached hydrogen (secondary N) is 1. The van der Waals surface area contributed by atoms with E-state index in [9.17, 15) is 21.2 Å². The lowest BCUT2D eigenvalue weighted by atomic mass is 10.0. The van der Waals surface area contributed by atoms with Crippen molar-refractivity contribution in [1.82, 2.24) is 4.41 Å². The van der Waals surface area contributed by atoms with Crippen LogP contribution < -0.4 is 4.72 Å². The summed E-state index contributed by atoms with van der Waals surface area (Å²) in [4.78, 5) is 0.788. The number of thiophene rings is 1. The molecule has 1 aliphatic rings. The molecule has 32 heavy (non-hydrogen) atoms. The molecule has 0 spiro atoms. The SMILES string of the molecule is CCS(=O)(=O)Nc1ccc(C2=NN(S(=O)(=O)c3ccc(F)cc3)[C@H](c3cccs3)C2)cc1. The van der Waals surface area contributed by atoms with E-state index in [-0.39, 0.29) is 10.6 Å². The van der Waals surface area contributed by atoms with Gasteiger partial charge in [-0.25, -0.2) is 12.8 Å². The molecule has 0 unspecified atom stereocenters. The summed E-state index contributed by atoms with van der Waals surface area (Å²) in [7, 11) is -7.41. The third kappa shape index (κ3) is 4.54. The quantitative estimate of drug-likeness (QED) is 0.534. The van der Waals surface area contributed by atoms with Crippen molar-refractivity contribution in [1.29, 1.82) is 0 Å². The third-order valence-electron chi connectivity index (χ3n) is 4.97. The topological polar surface area (TPSA) is 95.9 Å². The van der Waals surface area contributed by atoms with E-state index in [4.69, 9.17) is 0 Å². The molecule has 0 radical (unpaired) electrons. The summed E-state index contributed by atoms with van der Waals surface area (Å²) in [5.41, 5.74) is 1.65. The summed E-state index contributed by atoms with van der Waals surface area (Å²) in [6.07, 6.45) is 0.348. The van der Waals surface area contributed by atoms with Crippen LogP contribution in [0.15, 0.2) is 76.0 Å². The molecule has 3 aromatic rings. The van der Waals surface area contributed by atoms with Crippen molar-refractivity contribution in [3.8, 4) is 0 Å². The number of sulfonamides is 2. The molecule has 1 aromatic heterocycles. The molecule has 0 aliphatic carbocycles. The van der Waals surface area contributed by atoms with Crippen LogP contribution in [-0.4, -0.2) is 32.7 Å². The summed E-state index contributed by atoms with van der Waals surface area (Å²) >= 11 is 1.43. The van der Waals surface area contributed by atoms with Gasteiger partial charge in [0.1, 0.15) is 11.9 Å². The Bertz CT molecular complexity index is 1340. The van der Waals surface area contributed by atoms with Crippen molar-refractivity contribution in [2.45, 2.75) is 24.3 Å². The van der Waals surface area contributed by atoms with Crippen LogP contribution in [0.2, 0.25) is 0 Å². The second-order valence-corrected chi connectivity index (χ2v) is 11.9. The maximum atomic E-state index is 13.3. The average Bonchev–Trinajstić information content (AvgIpc) is 3.45. The molecule has 0 saturated carbocycles. The Labute approximate surface area is 190 Å². The summed E-state index contributed by atoms with van der Waals surface area (Å²) in [6, 6.07) is 14.4. The molecule has 2 aromatic carbocycles. The predicted octanol–water partition coefficient (Wildman–Crippen LogP) is 4.19. The molecular weight excluding hydrogens is 473 g/mol. The average molecular weight is 494 g/mol. The molecule has 1 aliphatic heterocycles. The summed E-state index contributed by atoms with van der Waals surface area (Å²) in [5, 5.41) is 6.29. The Hall–Kier alpha value is -2.76. The van der Waals surface area contributed by atoms with Crippen LogP contribution in [0, 0.1) is 5.82 Å². The lowest BCUT2D eigenvalue weighted by molar-refractivity contribution is 0.375. The zero-order valence-electron chi connectivity index (χ0n) is 17.0. The van der Waals surface area contributed by atoms with E-state index < -0.39 is 31.9 Å². The first-order valence-corrected chi connectivity index (χ1v) is 13.7. The molecule has 2 heterocycles. The number of halogens is 1. The van der Waals surface area contributed by atoms with E-state index in [1.165, 1.54) is 23.5 Å². The van der Waals surface area contributed by atoms with Crippen LogP contribution in [-0.2, 0) is 20.0 Å². The van der Waals surface area contributed by atoms with Gasteiger partial charge in [0.25, 0.3) is 10.0 Å². The highest BCUT2D eigenvalue weighted by molar-refractivity contribution is 7.92. The zero-order valence-corrected chi connectivity index (χ0v) is 19.4. The molecule has 4 rings (SSSR count). The maximum Gasteiger partial charge on any atom is 0.279 e. The fourth-order valence-electron chi connectivity index (χ4n) is 3.27. The second kappa shape index (κ2) is 8.64. The molecule has 0 fully saturated rings. The Morgan fingerprint density at radius 3 is 2.34 bits per heavy atom. The monoisotopic (exact) mass is 493 g/mol. The van der Waals surface area contributed by atoms with Crippen molar-refractivity contribution in [2.24, 2.45) is 5.10 Å². The predicted molar refractivity (Wildman–Crippen MR) is 123 cm³/mol. The fraction of sp³-hybridized carbons (Fsp3) is 0.190. The Morgan fingerprint density at radius 1 is 1.06 bits per heavy atom. The highest BCUT2D eigenvalue weighted by Crippen LogP contribution is 2.39. The standard InChI is InChI=1S/C21H20FN3O4S3/c1-2-31(26,27)24-17-9-5-15(6-10-17)19-14-20(21-4-3-13-30-21)25(23-19)32(28,29)18-11-7-16(22)8-12-18/h3-13,20,24H,2,14H2,1H3/t20-/m0/s1. The first-order valence-electron chi connectivity index (χ1n) is 9.71. The van der Waals surface area contributed by atoms with Crippen LogP contribution in [0.4, 0.5) is 10.1 Å². The van der Waals surface area contributed by atoms with Crippen molar-refractivity contribution in [3.63, 3.8) is 0 Å². The molecule has 0 saturated heterocycles. The minimum Gasteiger partial charge on any atom is -0.284 e. The van der Waals surface area contributed by atoms with Gasteiger partial charge in [-0.3, -0.25) is 4.72 Å². The van der Waals surface area contributed by atoms with Gasteiger partial charge in [0, 0.05) is 17.0 Å². The van der Waals surface area contributed by atoms with Crippen LogP contribution in [0.3, 0.4) is 0 Å². The van der Waals surface area contributed by atoms with Crippen molar-refractivity contribution < 1.29 is 21.2 Å². The number of anilines is 1. The van der Waals surface area contributed by atoms with Gasteiger partial charge in [-0.2, -0.15) is 17.9 Å². The van der Waals surface area contributed by atoms with Crippen LogP contribution in [0.5, 0.6) is 0 Å². The van der Waals surface area contributed by atoms with Gasteiger partial charge in [0.05, 0.1) is 16.4 Å². The Kier molecular flexibility index (Phi) is 6.06. The molecule has 7 nitrogen and oxygen atoms in total. The van der Waals surface area contributed by atoms with Gasteiger partial charge < -0.3 is 0 Å². The van der Waals surface area contributed by atoms with Gasteiger partial charge in [-0.05, 0) is 60.3 Å². The number of benzene rings is 2. The number of hydrazone groups is 1. The molecule has 1 atom stereocenters. The lowest BCUT2D eigenvalue weighted by Gasteiger charge is -2.22. The first-order chi connectivity index (χ1) is 15.2. The van der Waals surface area contributed by atoms with Crippen molar-refractivity contribution in [2.75, 3.05) is 10.5 Å². The number of nitrogens with zero attached hydrogens (tertiary/aromatic N) is 2. The smallest absolute Gasteiger partial charge is 0.279 e. The summed E-state index contributed by atoms with van der Waals surface area (Å²) < 4.78 is 67.0. The van der Waals surface area contributed by atoms with E-state index >= 15 is 0 Å². The van der Waals surface area contributed by atoms with Crippen LogP contribution >= 0.6 is 11.3 Å². The van der Waals surface area contributed by atoms with E-state index in [0.717, 1.165) is 21.4 Å². The lowest BCUT2D eigenvalue weighted by Crippen LogP contribution is -2.26. The van der Waals surface area contributed by atoms with Gasteiger partial charge in [-0.1, -0.05) is 18.2 Å². The minimum absolute atomic E-state index is 0.0415. The Balaban J connectivity index is 1.69. The molecular formula is C21H20FN3O4S3. The van der Waals surface area contributed by atoms with Gasteiger partial charge >= 0.3 is 0 Å². The normalized spacial score (nSPS) is 16.8. The van der Waals surface area contributed by atoms with Gasteiger partial charge in [-0.15, -0.1) is 11.3 Å². The van der Waals surface area contributed by atoms with E-state index in [2.05, 4.69) is 9.82 Å². The van der Waals surface area contributed by atoms with Gasteiger partial charge in [0.2, 0.25) is 10.0 Å². The van der Waals surface area contributed by atoms with Crippen molar-refractivity contribution >= 4 is 42.8 Å². The van der Waals surface area contributed by atoms with E-state index in [0.29, 0.717) is 23.4 Å². The van der Waals surface area contributed by atoms with Crippen LogP contribution in [0.25, 0.3) is 0 Å². The van der Waals surface area contributed by atoms with E-state index in [1.54, 1.807) is 31.2 Å². The highest BCUT2D eigenvalue weighted by Gasteiger charge is 2.38. The highest BCUT2D eigenvalue weighted by atomic mass is 32.2. The van der Waals surface area contributed by atoms with E-state index in [1.807, 2.05) is 17.5 Å². The number of hydrogen-bond donors (Lipinski definition) is 1. The molecule has 11 heteroatoms. The molecule has 168 valence electrons. The molecule has 0 bridgehead atoms. The van der Waals surface area contributed by atoms with Gasteiger partial charge in [0.15, 0.2) is 0 Å². The second-order valence-electron chi connectivity index (χ2n) is 7.10. The largest absolute Gasteiger partial charge is 0.284 e. The first kappa shape index (κ1) is 22.4. The van der Waals surface area contributed by atoms with Crippen LogP contribution in [0.1, 0.15) is 29.8 Å². The number of rotatable bonds is 7. The zero-order chi connectivity index (χ0) is 22.9. The van der Waals surface area contributed by atoms with Crippen molar-refractivity contribution in [3.05, 3.63) is 82.3 Å². The summed E-state index contributed by atoms with van der Waals surface area (Å²) in [6.45, 7) is 1.55. The maximum absolute atomic E-state index is 13.3. The fourth-order valence-corrected chi connectivity index (χ4v) is 6.22.